The van der Waals surface area contributed by atoms with Gasteiger partial charge in [-0.15, -0.1) is 0 Å². The predicted molar refractivity (Wildman–Crippen MR) is 60.8 cm³/mol. The van der Waals surface area contributed by atoms with Crippen molar-refractivity contribution < 1.29 is 9.90 Å². The molecule has 88 valence electrons. The van der Waals surface area contributed by atoms with E-state index in [1.165, 1.54) is 0 Å². The summed E-state index contributed by atoms with van der Waals surface area (Å²) < 4.78 is 0. The highest BCUT2D eigenvalue weighted by atomic mass is 16.3. The van der Waals surface area contributed by atoms with Crippen LogP contribution in [0.3, 0.4) is 0 Å². The summed E-state index contributed by atoms with van der Waals surface area (Å²) in [6, 6.07) is 0. The molecule has 1 aliphatic carbocycles. The molecule has 1 saturated carbocycles. The van der Waals surface area contributed by atoms with Gasteiger partial charge in [0.15, 0.2) is 0 Å². The van der Waals surface area contributed by atoms with Crippen molar-refractivity contribution in [1.29, 1.82) is 0 Å². The Balaban J connectivity index is 1.98. The fourth-order valence-electron chi connectivity index (χ4n) is 2.10. The van der Waals surface area contributed by atoms with E-state index in [-0.39, 0.29) is 6.10 Å². The summed E-state index contributed by atoms with van der Waals surface area (Å²) in [5.41, 5.74) is 0. The molecule has 0 saturated heterocycles. The molecule has 0 aliphatic heterocycles. The van der Waals surface area contributed by atoms with Gasteiger partial charge in [0, 0.05) is 19.4 Å². The number of carbonyl (C=O) groups is 1. The first kappa shape index (κ1) is 12.7. The topological polar surface area (TPSA) is 40.5 Å². The summed E-state index contributed by atoms with van der Waals surface area (Å²) in [7, 11) is 2.10. The lowest BCUT2D eigenvalue weighted by molar-refractivity contribution is -0.118. The molecule has 0 radical (unpaired) electrons. The summed E-state index contributed by atoms with van der Waals surface area (Å²) in [5.74, 6) is 1.04. The number of hydrogen-bond acceptors (Lipinski definition) is 3. The lowest BCUT2D eigenvalue weighted by atomic mass is 9.82. The molecule has 1 rings (SSSR count). The summed E-state index contributed by atoms with van der Waals surface area (Å²) >= 11 is 0. The molecule has 0 heterocycles. The number of aliphatic hydroxyl groups is 1. The number of rotatable bonds is 7. The maximum Gasteiger partial charge on any atom is 0.132 e. The van der Waals surface area contributed by atoms with E-state index in [1.54, 1.807) is 0 Å². The zero-order valence-corrected chi connectivity index (χ0v) is 9.91. The minimum Gasteiger partial charge on any atom is -0.393 e. The van der Waals surface area contributed by atoms with Crippen molar-refractivity contribution in [3.8, 4) is 0 Å². The van der Waals surface area contributed by atoms with Crippen LogP contribution < -0.4 is 0 Å². The molecule has 0 spiro atoms. The van der Waals surface area contributed by atoms with Gasteiger partial charge in [-0.25, -0.2) is 0 Å². The second kappa shape index (κ2) is 6.23. The fraction of sp³-hybridized carbons (Fsp3) is 0.917. The van der Waals surface area contributed by atoms with Gasteiger partial charge in [-0.2, -0.15) is 0 Å². The molecule has 0 aromatic heterocycles. The average Bonchev–Trinajstić information content (AvgIpc) is 2.15. The molecule has 3 nitrogen and oxygen atoms in total. The standard InChI is InChI=1S/C12H23NO2/c1-3-11(14)5-4-6-13(2)9-10-7-12(15)8-10/h10,12,15H,3-9H2,1-2H3. The summed E-state index contributed by atoms with van der Waals surface area (Å²) in [5, 5.41) is 9.15. The van der Waals surface area contributed by atoms with E-state index in [0.717, 1.165) is 32.4 Å². The Hall–Kier alpha value is -0.410. The van der Waals surface area contributed by atoms with E-state index >= 15 is 0 Å². The number of nitrogens with zero attached hydrogens (tertiary/aromatic N) is 1. The molecule has 1 aliphatic rings. The van der Waals surface area contributed by atoms with E-state index in [0.29, 0.717) is 24.5 Å². The zero-order chi connectivity index (χ0) is 11.3. The van der Waals surface area contributed by atoms with Gasteiger partial charge < -0.3 is 10.0 Å². The van der Waals surface area contributed by atoms with E-state index in [9.17, 15) is 4.79 Å². The molecule has 3 heteroatoms. The van der Waals surface area contributed by atoms with Crippen molar-refractivity contribution in [2.75, 3.05) is 20.1 Å². The zero-order valence-electron chi connectivity index (χ0n) is 9.91. The van der Waals surface area contributed by atoms with E-state index in [4.69, 9.17) is 5.11 Å². The third-order valence-corrected chi connectivity index (χ3v) is 3.17. The Morgan fingerprint density at radius 1 is 1.47 bits per heavy atom. The third-order valence-electron chi connectivity index (χ3n) is 3.17. The van der Waals surface area contributed by atoms with Gasteiger partial charge in [0.1, 0.15) is 5.78 Å². The first-order chi connectivity index (χ1) is 7.11. The normalized spacial score (nSPS) is 25.3. The molecule has 0 amide bonds. The predicted octanol–water partition coefficient (Wildman–Crippen LogP) is 1.45. The van der Waals surface area contributed by atoms with Crippen molar-refractivity contribution >= 4 is 5.78 Å². The van der Waals surface area contributed by atoms with Crippen LogP contribution in [-0.4, -0.2) is 42.0 Å². The van der Waals surface area contributed by atoms with Gasteiger partial charge in [0.25, 0.3) is 0 Å². The van der Waals surface area contributed by atoms with Crippen LogP contribution in [0.1, 0.15) is 39.0 Å². The molecule has 0 bridgehead atoms. The molecular weight excluding hydrogens is 190 g/mol. The van der Waals surface area contributed by atoms with E-state index in [2.05, 4.69) is 11.9 Å². The Labute approximate surface area is 92.5 Å². The van der Waals surface area contributed by atoms with E-state index in [1.807, 2.05) is 6.92 Å². The smallest absolute Gasteiger partial charge is 0.132 e. The average molecular weight is 213 g/mol. The van der Waals surface area contributed by atoms with Gasteiger partial charge in [0.2, 0.25) is 0 Å². The van der Waals surface area contributed by atoms with Gasteiger partial charge in [-0.1, -0.05) is 6.92 Å². The summed E-state index contributed by atoms with van der Waals surface area (Å²) in [4.78, 5) is 13.4. The minimum atomic E-state index is -0.0509. The second-order valence-corrected chi connectivity index (χ2v) is 4.75. The van der Waals surface area contributed by atoms with Crippen LogP contribution in [0.25, 0.3) is 0 Å². The van der Waals surface area contributed by atoms with Crippen LogP contribution in [0.4, 0.5) is 0 Å². The number of hydrogen-bond donors (Lipinski definition) is 1. The molecular formula is C12H23NO2. The van der Waals surface area contributed by atoms with Crippen molar-refractivity contribution in [3.05, 3.63) is 0 Å². The molecule has 0 unspecified atom stereocenters. The SMILES string of the molecule is CCC(=O)CCCN(C)CC1CC(O)C1. The van der Waals surface area contributed by atoms with Crippen LogP contribution in [0.15, 0.2) is 0 Å². The van der Waals surface area contributed by atoms with E-state index < -0.39 is 0 Å². The molecule has 1 fully saturated rings. The summed E-state index contributed by atoms with van der Waals surface area (Å²) in [6.07, 6.45) is 4.21. The largest absolute Gasteiger partial charge is 0.393 e. The van der Waals surface area contributed by atoms with Crippen molar-refractivity contribution in [1.82, 2.24) is 4.90 Å². The Kier molecular flexibility index (Phi) is 5.26. The maximum atomic E-state index is 11.1. The van der Waals surface area contributed by atoms with Gasteiger partial charge in [0.05, 0.1) is 6.10 Å². The van der Waals surface area contributed by atoms with Crippen molar-refractivity contribution in [3.63, 3.8) is 0 Å². The molecule has 15 heavy (non-hydrogen) atoms. The molecule has 0 atom stereocenters. The summed E-state index contributed by atoms with van der Waals surface area (Å²) in [6.45, 7) is 3.98. The molecule has 0 aromatic carbocycles. The van der Waals surface area contributed by atoms with Crippen LogP contribution >= 0.6 is 0 Å². The number of Topliss-reactive ketones (excluding diaryl/α,β-unsaturated/α-hetero) is 1. The van der Waals surface area contributed by atoms with Crippen LogP contribution in [-0.2, 0) is 4.79 Å². The lowest BCUT2D eigenvalue weighted by Crippen LogP contribution is -2.37. The minimum absolute atomic E-state index is 0.0509. The van der Waals surface area contributed by atoms with Crippen LogP contribution in [0, 0.1) is 5.92 Å². The monoisotopic (exact) mass is 213 g/mol. The van der Waals surface area contributed by atoms with Crippen molar-refractivity contribution in [2.45, 2.75) is 45.1 Å². The number of ketones is 1. The third kappa shape index (κ3) is 4.76. The number of carbonyl (C=O) groups excluding carboxylic acids is 1. The first-order valence-electron chi connectivity index (χ1n) is 6.00. The first-order valence-corrected chi connectivity index (χ1v) is 6.00. The Morgan fingerprint density at radius 2 is 2.13 bits per heavy atom. The maximum absolute atomic E-state index is 11.1. The van der Waals surface area contributed by atoms with Crippen molar-refractivity contribution in [2.24, 2.45) is 5.92 Å². The van der Waals surface area contributed by atoms with Gasteiger partial charge in [-0.05, 0) is 38.8 Å². The second-order valence-electron chi connectivity index (χ2n) is 4.75. The fourth-order valence-corrected chi connectivity index (χ4v) is 2.10. The lowest BCUT2D eigenvalue weighted by Gasteiger charge is -2.34. The highest BCUT2D eigenvalue weighted by Crippen LogP contribution is 2.27. The molecule has 0 aromatic rings. The Bertz CT molecular complexity index is 200. The van der Waals surface area contributed by atoms with Gasteiger partial charge >= 0.3 is 0 Å². The highest BCUT2D eigenvalue weighted by Gasteiger charge is 2.27. The van der Waals surface area contributed by atoms with Crippen LogP contribution in [0.2, 0.25) is 0 Å². The Morgan fingerprint density at radius 3 is 2.67 bits per heavy atom. The van der Waals surface area contributed by atoms with Gasteiger partial charge in [-0.3, -0.25) is 4.79 Å². The van der Waals surface area contributed by atoms with Crippen LogP contribution in [0.5, 0.6) is 0 Å². The number of aliphatic hydroxyl groups excluding tert-OH is 1. The molecule has 1 N–H and O–H groups in total. The quantitative estimate of drug-likeness (QED) is 0.696. The highest BCUT2D eigenvalue weighted by molar-refractivity contribution is 5.77.